The molecule has 1 aromatic carbocycles. The van der Waals surface area contributed by atoms with Gasteiger partial charge < -0.3 is 10.4 Å². The topological polar surface area (TPSA) is 66.4 Å². The van der Waals surface area contributed by atoms with Crippen molar-refractivity contribution in [1.82, 2.24) is 5.32 Å². The first-order valence-corrected chi connectivity index (χ1v) is 7.06. The monoisotopic (exact) mass is 325 g/mol. The minimum Gasteiger partial charge on any atom is -0.481 e. The maximum Gasteiger partial charge on any atom is 0.311 e. The van der Waals surface area contributed by atoms with E-state index in [1.54, 1.807) is 0 Å². The molecule has 102 valence electrons. The van der Waals surface area contributed by atoms with Crippen LogP contribution in [0.2, 0.25) is 0 Å². The second-order valence-electron chi connectivity index (χ2n) is 4.99. The molecule has 0 aliphatic heterocycles. The van der Waals surface area contributed by atoms with Gasteiger partial charge in [-0.2, -0.15) is 0 Å². The first-order valence-electron chi connectivity index (χ1n) is 6.26. The van der Waals surface area contributed by atoms with E-state index in [9.17, 15) is 9.59 Å². The molecule has 1 aromatic rings. The molecule has 1 fully saturated rings. The second-order valence-corrected chi connectivity index (χ2v) is 5.90. The third-order valence-electron chi connectivity index (χ3n) is 3.49. The minimum absolute atomic E-state index is 0.0876. The van der Waals surface area contributed by atoms with Gasteiger partial charge in [0.15, 0.2) is 0 Å². The predicted molar refractivity (Wildman–Crippen MR) is 74.8 cm³/mol. The summed E-state index contributed by atoms with van der Waals surface area (Å²) in [5, 5.41) is 11.7. The van der Waals surface area contributed by atoms with E-state index in [0.29, 0.717) is 25.7 Å². The van der Waals surface area contributed by atoms with Crippen molar-refractivity contribution in [3.63, 3.8) is 0 Å². The zero-order valence-electron chi connectivity index (χ0n) is 10.5. The Hall–Kier alpha value is -1.36. The molecule has 4 nitrogen and oxygen atoms in total. The van der Waals surface area contributed by atoms with Crippen molar-refractivity contribution in [2.45, 2.75) is 25.7 Å². The normalized spacial score (nSPS) is 15.8. The van der Waals surface area contributed by atoms with E-state index in [1.807, 2.05) is 24.3 Å². The average molecular weight is 326 g/mol. The van der Waals surface area contributed by atoms with Crippen LogP contribution in [0.1, 0.15) is 24.8 Å². The van der Waals surface area contributed by atoms with E-state index in [-0.39, 0.29) is 12.5 Å². The number of rotatable bonds is 6. The van der Waals surface area contributed by atoms with Gasteiger partial charge in [0.05, 0.1) is 5.41 Å². The molecular weight excluding hydrogens is 310 g/mol. The van der Waals surface area contributed by atoms with Gasteiger partial charge in [0.25, 0.3) is 0 Å². The SMILES string of the molecule is O=C(CCc1ccc(Br)cc1)NCC1(C(=O)O)CC1. The largest absolute Gasteiger partial charge is 0.481 e. The van der Waals surface area contributed by atoms with Gasteiger partial charge in [-0.25, -0.2) is 0 Å². The maximum atomic E-state index is 11.7. The quantitative estimate of drug-likeness (QED) is 0.843. The zero-order chi connectivity index (χ0) is 13.9. The molecule has 0 heterocycles. The zero-order valence-corrected chi connectivity index (χ0v) is 12.1. The van der Waals surface area contributed by atoms with Crippen LogP contribution < -0.4 is 5.32 Å². The third-order valence-corrected chi connectivity index (χ3v) is 4.01. The van der Waals surface area contributed by atoms with E-state index in [0.717, 1.165) is 10.0 Å². The summed E-state index contributed by atoms with van der Waals surface area (Å²) in [6.45, 7) is 0.251. The Morgan fingerprint density at radius 3 is 2.42 bits per heavy atom. The molecular formula is C14H16BrNO3. The number of halogens is 1. The summed E-state index contributed by atoms with van der Waals surface area (Å²) in [4.78, 5) is 22.6. The molecule has 0 aromatic heterocycles. The fraction of sp³-hybridized carbons (Fsp3) is 0.429. The van der Waals surface area contributed by atoms with Gasteiger partial charge in [-0.3, -0.25) is 9.59 Å². The number of hydrogen-bond acceptors (Lipinski definition) is 2. The van der Waals surface area contributed by atoms with Crippen molar-refractivity contribution in [2.75, 3.05) is 6.54 Å². The highest BCUT2D eigenvalue weighted by Crippen LogP contribution is 2.45. The van der Waals surface area contributed by atoms with Crippen LogP contribution in [0.4, 0.5) is 0 Å². The number of carbonyl (C=O) groups is 2. The molecule has 0 radical (unpaired) electrons. The average Bonchev–Trinajstić information content (AvgIpc) is 3.17. The number of aliphatic carboxylic acids is 1. The first kappa shape index (κ1) is 14.1. The van der Waals surface area contributed by atoms with E-state index in [1.165, 1.54) is 0 Å². The van der Waals surface area contributed by atoms with Gasteiger partial charge in [-0.05, 0) is 37.0 Å². The number of aryl methyl sites for hydroxylation is 1. The van der Waals surface area contributed by atoms with Crippen LogP contribution in [0, 0.1) is 5.41 Å². The van der Waals surface area contributed by atoms with Crippen LogP contribution >= 0.6 is 15.9 Å². The summed E-state index contributed by atoms with van der Waals surface area (Å²) in [6, 6.07) is 7.82. The molecule has 0 spiro atoms. The number of carbonyl (C=O) groups excluding carboxylic acids is 1. The molecule has 1 amide bonds. The van der Waals surface area contributed by atoms with Gasteiger partial charge in [0, 0.05) is 17.4 Å². The van der Waals surface area contributed by atoms with Crippen molar-refractivity contribution in [3.05, 3.63) is 34.3 Å². The highest BCUT2D eigenvalue weighted by Gasteiger charge is 2.50. The van der Waals surface area contributed by atoms with Crippen molar-refractivity contribution in [2.24, 2.45) is 5.41 Å². The summed E-state index contributed by atoms with van der Waals surface area (Å²) >= 11 is 3.36. The van der Waals surface area contributed by atoms with Crippen molar-refractivity contribution in [1.29, 1.82) is 0 Å². The molecule has 2 N–H and O–H groups in total. The summed E-state index contributed by atoms with van der Waals surface area (Å²) in [6.07, 6.45) is 2.38. The van der Waals surface area contributed by atoms with Crippen LogP contribution in [0.3, 0.4) is 0 Å². The number of amides is 1. The Bertz CT molecular complexity index is 480. The van der Waals surface area contributed by atoms with Gasteiger partial charge in [-0.15, -0.1) is 0 Å². The highest BCUT2D eigenvalue weighted by atomic mass is 79.9. The lowest BCUT2D eigenvalue weighted by Crippen LogP contribution is -2.34. The molecule has 0 saturated heterocycles. The van der Waals surface area contributed by atoms with Crippen molar-refractivity contribution in [3.8, 4) is 0 Å². The highest BCUT2D eigenvalue weighted by molar-refractivity contribution is 9.10. The van der Waals surface area contributed by atoms with Crippen LogP contribution in [-0.4, -0.2) is 23.5 Å². The summed E-state index contributed by atoms with van der Waals surface area (Å²) in [5.74, 6) is -0.892. The molecule has 2 rings (SSSR count). The molecule has 0 bridgehead atoms. The lowest BCUT2D eigenvalue weighted by Gasteiger charge is -2.11. The van der Waals surface area contributed by atoms with Gasteiger partial charge in [0.1, 0.15) is 0 Å². The van der Waals surface area contributed by atoms with Crippen LogP contribution in [-0.2, 0) is 16.0 Å². The summed E-state index contributed by atoms with van der Waals surface area (Å²) < 4.78 is 1.01. The van der Waals surface area contributed by atoms with Crippen molar-refractivity contribution >= 4 is 27.8 Å². The molecule has 0 unspecified atom stereocenters. The van der Waals surface area contributed by atoms with Gasteiger partial charge in [0.2, 0.25) is 5.91 Å². The minimum atomic E-state index is -0.805. The lowest BCUT2D eigenvalue weighted by atomic mass is 10.1. The van der Waals surface area contributed by atoms with E-state index < -0.39 is 11.4 Å². The summed E-state index contributed by atoms with van der Waals surface area (Å²) in [5.41, 5.74) is 0.408. The Labute approximate surface area is 120 Å². The molecule has 1 saturated carbocycles. The summed E-state index contributed by atoms with van der Waals surface area (Å²) in [7, 11) is 0. The number of carboxylic acids is 1. The van der Waals surface area contributed by atoms with E-state index in [4.69, 9.17) is 5.11 Å². The van der Waals surface area contributed by atoms with Crippen molar-refractivity contribution < 1.29 is 14.7 Å². The Kier molecular flexibility index (Phi) is 4.24. The smallest absolute Gasteiger partial charge is 0.311 e. The van der Waals surface area contributed by atoms with E-state index in [2.05, 4.69) is 21.2 Å². The Morgan fingerprint density at radius 2 is 1.89 bits per heavy atom. The van der Waals surface area contributed by atoms with Crippen LogP contribution in [0.15, 0.2) is 28.7 Å². The maximum absolute atomic E-state index is 11.7. The molecule has 1 aliphatic carbocycles. The van der Waals surface area contributed by atoms with Gasteiger partial charge in [-0.1, -0.05) is 28.1 Å². The van der Waals surface area contributed by atoms with Gasteiger partial charge >= 0.3 is 5.97 Å². The fourth-order valence-corrected chi connectivity index (χ4v) is 2.15. The first-order chi connectivity index (χ1) is 9.02. The fourth-order valence-electron chi connectivity index (χ4n) is 1.88. The number of carboxylic acid groups (broad SMARTS) is 1. The number of benzene rings is 1. The Morgan fingerprint density at radius 1 is 1.26 bits per heavy atom. The number of hydrogen-bond donors (Lipinski definition) is 2. The third kappa shape index (κ3) is 3.80. The number of nitrogens with one attached hydrogen (secondary N) is 1. The molecule has 5 heteroatoms. The van der Waals surface area contributed by atoms with Crippen LogP contribution in [0.5, 0.6) is 0 Å². The molecule has 19 heavy (non-hydrogen) atoms. The lowest BCUT2D eigenvalue weighted by molar-refractivity contribution is -0.143. The van der Waals surface area contributed by atoms with E-state index >= 15 is 0 Å². The standard InChI is InChI=1S/C14H16BrNO3/c15-11-4-1-10(2-5-11)3-6-12(17)16-9-14(7-8-14)13(18)19/h1-2,4-5H,3,6-9H2,(H,16,17)(H,18,19). The Balaban J connectivity index is 1.73. The molecule has 1 aliphatic rings. The molecule has 0 atom stereocenters. The van der Waals surface area contributed by atoms with Crippen LogP contribution in [0.25, 0.3) is 0 Å². The predicted octanol–water partition coefficient (Wildman–Crippen LogP) is 2.36. The second kappa shape index (κ2) is 5.74.